The highest BCUT2D eigenvalue weighted by Gasteiger charge is 2.39. The van der Waals surface area contributed by atoms with Gasteiger partial charge >= 0.3 is 0 Å². The quantitative estimate of drug-likeness (QED) is 0.868. The molecule has 1 saturated heterocycles. The summed E-state index contributed by atoms with van der Waals surface area (Å²) in [5.41, 5.74) is -0.407. The molecule has 1 aromatic rings. The van der Waals surface area contributed by atoms with Crippen LogP contribution in [0.15, 0.2) is 4.52 Å². The SMILES string of the molecule is CCOC(CC)(CC)c1noc(C2(C)CCNCC2)n1. The summed E-state index contributed by atoms with van der Waals surface area (Å²) in [6.07, 6.45) is 3.78. The van der Waals surface area contributed by atoms with E-state index < -0.39 is 5.60 Å². The summed E-state index contributed by atoms with van der Waals surface area (Å²) in [5, 5.41) is 7.61. The maximum Gasteiger partial charge on any atom is 0.232 e. The lowest BCUT2D eigenvalue weighted by Crippen LogP contribution is -2.38. The van der Waals surface area contributed by atoms with Gasteiger partial charge in [-0.15, -0.1) is 0 Å². The van der Waals surface area contributed by atoms with Crippen LogP contribution in [0.2, 0.25) is 0 Å². The number of ether oxygens (including phenoxy) is 1. The molecule has 5 heteroatoms. The third-order valence-corrected chi connectivity index (χ3v) is 4.62. The molecular formula is C15H27N3O2. The van der Waals surface area contributed by atoms with Crippen molar-refractivity contribution in [3.63, 3.8) is 0 Å². The summed E-state index contributed by atoms with van der Waals surface area (Å²) < 4.78 is 11.5. The van der Waals surface area contributed by atoms with Crippen molar-refractivity contribution < 1.29 is 9.26 Å². The van der Waals surface area contributed by atoms with Gasteiger partial charge in [-0.2, -0.15) is 4.98 Å². The van der Waals surface area contributed by atoms with Crippen molar-refractivity contribution in [1.82, 2.24) is 15.5 Å². The van der Waals surface area contributed by atoms with Crippen molar-refractivity contribution in [1.29, 1.82) is 0 Å². The first-order valence-corrected chi connectivity index (χ1v) is 7.79. The first-order chi connectivity index (χ1) is 9.60. The summed E-state index contributed by atoms with van der Waals surface area (Å²) in [6, 6.07) is 0. The van der Waals surface area contributed by atoms with Gasteiger partial charge in [0.2, 0.25) is 11.7 Å². The minimum absolute atomic E-state index is 0.00403. The molecule has 0 spiro atoms. The summed E-state index contributed by atoms with van der Waals surface area (Å²) >= 11 is 0. The Kier molecular flexibility index (Phi) is 4.81. The molecule has 1 aromatic heterocycles. The third-order valence-electron chi connectivity index (χ3n) is 4.62. The molecule has 0 atom stereocenters. The largest absolute Gasteiger partial charge is 0.367 e. The van der Waals surface area contributed by atoms with Gasteiger partial charge in [-0.05, 0) is 45.7 Å². The van der Waals surface area contributed by atoms with Crippen LogP contribution in [0.5, 0.6) is 0 Å². The van der Waals surface area contributed by atoms with Gasteiger partial charge in [-0.3, -0.25) is 0 Å². The number of hydrogen-bond donors (Lipinski definition) is 1. The molecule has 0 bridgehead atoms. The highest BCUT2D eigenvalue weighted by molar-refractivity contribution is 5.09. The van der Waals surface area contributed by atoms with Crippen molar-refractivity contribution in [3.05, 3.63) is 11.7 Å². The molecule has 0 amide bonds. The van der Waals surface area contributed by atoms with Crippen LogP contribution in [0.1, 0.15) is 65.1 Å². The van der Waals surface area contributed by atoms with Crippen molar-refractivity contribution in [3.8, 4) is 0 Å². The van der Waals surface area contributed by atoms with E-state index in [1.54, 1.807) is 0 Å². The fourth-order valence-electron chi connectivity index (χ4n) is 2.96. The molecule has 0 aromatic carbocycles. The van der Waals surface area contributed by atoms with Crippen molar-refractivity contribution in [2.45, 2.75) is 64.4 Å². The number of aromatic nitrogens is 2. The van der Waals surface area contributed by atoms with E-state index in [0.29, 0.717) is 12.4 Å². The third kappa shape index (κ3) is 2.74. The second kappa shape index (κ2) is 6.22. The lowest BCUT2D eigenvalue weighted by Gasteiger charge is -2.30. The van der Waals surface area contributed by atoms with Gasteiger partial charge in [0.25, 0.3) is 0 Å². The van der Waals surface area contributed by atoms with E-state index in [0.717, 1.165) is 44.7 Å². The highest BCUT2D eigenvalue weighted by atomic mass is 16.5. The minimum Gasteiger partial charge on any atom is -0.367 e. The zero-order chi connectivity index (χ0) is 14.6. The van der Waals surface area contributed by atoms with E-state index in [1.807, 2.05) is 6.92 Å². The first kappa shape index (κ1) is 15.4. The fraction of sp³-hybridized carbons (Fsp3) is 0.867. The molecule has 1 aliphatic heterocycles. The Bertz CT molecular complexity index is 421. The van der Waals surface area contributed by atoms with E-state index in [9.17, 15) is 0 Å². The molecule has 2 rings (SSSR count). The van der Waals surface area contributed by atoms with E-state index in [2.05, 4.69) is 31.2 Å². The molecule has 0 saturated carbocycles. The molecule has 5 nitrogen and oxygen atoms in total. The van der Waals surface area contributed by atoms with Crippen molar-refractivity contribution in [2.24, 2.45) is 0 Å². The van der Waals surface area contributed by atoms with E-state index in [1.165, 1.54) is 0 Å². The molecule has 1 aliphatic rings. The Morgan fingerprint density at radius 3 is 2.45 bits per heavy atom. The Hall–Kier alpha value is -0.940. The van der Waals surface area contributed by atoms with Crippen LogP contribution in [0.3, 0.4) is 0 Å². The topological polar surface area (TPSA) is 60.2 Å². The van der Waals surface area contributed by atoms with Gasteiger partial charge in [0.05, 0.1) is 0 Å². The average Bonchev–Trinajstić information content (AvgIpc) is 2.97. The monoisotopic (exact) mass is 281 g/mol. The van der Waals surface area contributed by atoms with Gasteiger partial charge in [0.1, 0.15) is 5.60 Å². The lowest BCUT2D eigenvalue weighted by atomic mass is 9.81. The molecule has 1 N–H and O–H groups in total. The second-order valence-electron chi connectivity index (χ2n) is 5.87. The normalized spacial score (nSPS) is 19.2. The van der Waals surface area contributed by atoms with Gasteiger partial charge in [-0.25, -0.2) is 0 Å². The van der Waals surface area contributed by atoms with Crippen LogP contribution < -0.4 is 5.32 Å². The van der Waals surface area contributed by atoms with E-state index in [4.69, 9.17) is 14.2 Å². The molecule has 114 valence electrons. The zero-order valence-corrected chi connectivity index (χ0v) is 13.2. The lowest BCUT2D eigenvalue weighted by molar-refractivity contribution is -0.0583. The number of piperidine rings is 1. The number of hydrogen-bond acceptors (Lipinski definition) is 5. The summed E-state index contributed by atoms with van der Waals surface area (Å²) in [5.74, 6) is 1.47. The molecule has 0 aliphatic carbocycles. The molecular weight excluding hydrogens is 254 g/mol. The van der Waals surface area contributed by atoms with Crippen molar-refractivity contribution in [2.75, 3.05) is 19.7 Å². The minimum atomic E-state index is -0.403. The van der Waals surface area contributed by atoms with Gasteiger partial charge in [0, 0.05) is 12.0 Å². The standard InChI is InChI=1S/C15H27N3O2/c1-5-15(6-2,19-7-3)12-17-13(20-18-12)14(4)8-10-16-11-9-14/h16H,5-11H2,1-4H3. The molecule has 1 fully saturated rings. The zero-order valence-electron chi connectivity index (χ0n) is 13.2. The summed E-state index contributed by atoms with van der Waals surface area (Å²) in [7, 11) is 0. The maximum atomic E-state index is 5.95. The predicted molar refractivity (Wildman–Crippen MR) is 77.6 cm³/mol. The smallest absolute Gasteiger partial charge is 0.232 e. The van der Waals surface area contributed by atoms with E-state index >= 15 is 0 Å². The maximum absolute atomic E-state index is 5.95. The Labute approximate surface area is 121 Å². The average molecular weight is 281 g/mol. The second-order valence-corrected chi connectivity index (χ2v) is 5.87. The number of rotatable bonds is 6. The number of nitrogens with zero attached hydrogens (tertiary/aromatic N) is 2. The first-order valence-electron chi connectivity index (χ1n) is 7.79. The predicted octanol–water partition coefficient (Wildman–Crippen LogP) is 2.76. The van der Waals surface area contributed by atoms with Gasteiger partial charge in [-0.1, -0.05) is 25.9 Å². The van der Waals surface area contributed by atoms with Crippen LogP contribution >= 0.6 is 0 Å². The van der Waals surface area contributed by atoms with E-state index in [-0.39, 0.29) is 5.41 Å². The summed E-state index contributed by atoms with van der Waals surface area (Å²) in [6.45, 7) is 11.1. The van der Waals surface area contributed by atoms with Crippen LogP contribution in [0.4, 0.5) is 0 Å². The fourth-order valence-corrected chi connectivity index (χ4v) is 2.96. The van der Waals surface area contributed by atoms with Crippen LogP contribution in [0, 0.1) is 0 Å². The van der Waals surface area contributed by atoms with Crippen molar-refractivity contribution >= 4 is 0 Å². The number of nitrogens with one attached hydrogen (secondary N) is 1. The van der Waals surface area contributed by atoms with Crippen LogP contribution in [0.25, 0.3) is 0 Å². The Balaban J connectivity index is 2.26. The highest BCUT2D eigenvalue weighted by Crippen LogP contribution is 2.35. The molecule has 0 radical (unpaired) electrons. The van der Waals surface area contributed by atoms with Gasteiger partial charge < -0.3 is 14.6 Å². The molecule has 20 heavy (non-hydrogen) atoms. The summed E-state index contributed by atoms with van der Waals surface area (Å²) in [4.78, 5) is 4.71. The molecule has 0 unspecified atom stereocenters. The Morgan fingerprint density at radius 2 is 1.90 bits per heavy atom. The van der Waals surface area contributed by atoms with Crippen LogP contribution in [-0.2, 0) is 15.8 Å². The Morgan fingerprint density at radius 1 is 1.25 bits per heavy atom. The molecule has 2 heterocycles. The van der Waals surface area contributed by atoms with Crippen LogP contribution in [-0.4, -0.2) is 29.8 Å². The van der Waals surface area contributed by atoms with Gasteiger partial charge in [0.15, 0.2) is 0 Å².